The van der Waals surface area contributed by atoms with E-state index in [0.717, 1.165) is 44.8 Å². The van der Waals surface area contributed by atoms with Crippen LogP contribution in [0.25, 0.3) is 0 Å². The molecule has 0 aliphatic heterocycles. The van der Waals surface area contributed by atoms with Gasteiger partial charge in [0.25, 0.3) is 0 Å². The first-order valence-electron chi connectivity index (χ1n) is 14.5. The van der Waals surface area contributed by atoms with Crippen molar-refractivity contribution < 1.29 is 10.2 Å². The standard InChI is InChI=1S/C37H46N2O2/c1-24-9-13-30(14-10-24)38-22-26-17-28(34(40)32(19-26)36(3,4)5)21-29-18-27(20-33(35(29)41)37(6,7)8)23-39-31-15-11-25(2)12-16-31/h9-20,38-41H,21-23H2,1-8H3. The lowest BCUT2D eigenvalue weighted by molar-refractivity contribution is 0.435. The molecule has 0 aliphatic carbocycles. The lowest BCUT2D eigenvalue weighted by Crippen LogP contribution is -2.15. The van der Waals surface area contributed by atoms with Gasteiger partial charge >= 0.3 is 0 Å². The molecule has 0 aromatic heterocycles. The molecule has 4 aromatic carbocycles. The number of anilines is 2. The number of hydrogen-bond acceptors (Lipinski definition) is 4. The summed E-state index contributed by atoms with van der Waals surface area (Å²) in [4.78, 5) is 0. The average molecular weight is 551 g/mol. The number of rotatable bonds is 8. The lowest BCUT2D eigenvalue weighted by atomic mass is 9.81. The van der Waals surface area contributed by atoms with Crippen LogP contribution in [0.5, 0.6) is 11.5 Å². The molecule has 4 nitrogen and oxygen atoms in total. The van der Waals surface area contributed by atoms with Gasteiger partial charge in [-0.05, 0) is 107 Å². The first-order chi connectivity index (χ1) is 19.2. The van der Waals surface area contributed by atoms with Crippen LogP contribution in [0.4, 0.5) is 11.4 Å². The molecule has 0 radical (unpaired) electrons. The summed E-state index contributed by atoms with van der Waals surface area (Å²) in [5.74, 6) is 0.605. The zero-order valence-corrected chi connectivity index (χ0v) is 25.9. The van der Waals surface area contributed by atoms with E-state index in [1.165, 1.54) is 11.1 Å². The number of aryl methyl sites for hydroxylation is 2. The average Bonchev–Trinajstić information content (AvgIpc) is 2.89. The Morgan fingerprint density at radius 2 is 0.878 bits per heavy atom. The fourth-order valence-electron chi connectivity index (χ4n) is 5.09. The van der Waals surface area contributed by atoms with Gasteiger partial charge in [-0.3, -0.25) is 0 Å². The minimum atomic E-state index is -0.239. The van der Waals surface area contributed by atoms with Gasteiger partial charge in [-0.1, -0.05) is 76.9 Å². The molecule has 0 saturated heterocycles. The van der Waals surface area contributed by atoms with Crippen molar-refractivity contribution in [2.75, 3.05) is 10.6 Å². The highest BCUT2D eigenvalue weighted by atomic mass is 16.3. The Morgan fingerprint density at radius 3 is 1.20 bits per heavy atom. The summed E-state index contributed by atoms with van der Waals surface area (Å²) in [6.45, 7) is 18.2. The summed E-state index contributed by atoms with van der Waals surface area (Å²) in [5, 5.41) is 30.0. The van der Waals surface area contributed by atoms with E-state index in [-0.39, 0.29) is 10.8 Å². The molecule has 4 N–H and O–H groups in total. The van der Waals surface area contributed by atoms with Gasteiger partial charge in [-0.2, -0.15) is 0 Å². The van der Waals surface area contributed by atoms with E-state index in [2.05, 4.69) is 139 Å². The molecule has 0 amide bonds. The Hall–Kier alpha value is -3.92. The third-order valence-corrected chi connectivity index (χ3v) is 7.59. The summed E-state index contributed by atoms with van der Waals surface area (Å²) >= 11 is 0. The zero-order valence-electron chi connectivity index (χ0n) is 25.9. The lowest BCUT2D eigenvalue weighted by Gasteiger charge is -2.26. The minimum absolute atomic E-state index is 0.239. The smallest absolute Gasteiger partial charge is 0.122 e. The van der Waals surface area contributed by atoms with Gasteiger partial charge in [0.2, 0.25) is 0 Å². The Kier molecular flexibility index (Phi) is 8.72. The van der Waals surface area contributed by atoms with Gasteiger partial charge in [-0.25, -0.2) is 0 Å². The minimum Gasteiger partial charge on any atom is -0.507 e. The topological polar surface area (TPSA) is 64.5 Å². The highest BCUT2D eigenvalue weighted by Crippen LogP contribution is 2.39. The van der Waals surface area contributed by atoms with E-state index in [0.29, 0.717) is 31.0 Å². The molecule has 0 fully saturated rings. The molecule has 0 saturated carbocycles. The van der Waals surface area contributed by atoms with Crippen LogP contribution >= 0.6 is 0 Å². The first-order valence-corrected chi connectivity index (χ1v) is 14.5. The van der Waals surface area contributed by atoms with Crippen molar-refractivity contribution in [2.24, 2.45) is 0 Å². The largest absolute Gasteiger partial charge is 0.507 e. The van der Waals surface area contributed by atoms with Gasteiger partial charge in [0.15, 0.2) is 0 Å². The van der Waals surface area contributed by atoms with Crippen molar-refractivity contribution in [1.82, 2.24) is 0 Å². The van der Waals surface area contributed by atoms with Crippen molar-refractivity contribution >= 4 is 11.4 Å². The molecular weight excluding hydrogens is 504 g/mol. The molecule has 41 heavy (non-hydrogen) atoms. The molecule has 216 valence electrons. The Labute approximate surface area is 246 Å². The van der Waals surface area contributed by atoms with Crippen LogP contribution in [-0.4, -0.2) is 10.2 Å². The van der Waals surface area contributed by atoms with Gasteiger partial charge in [0, 0.05) is 30.9 Å². The molecule has 0 atom stereocenters. The maximum absolute atomic E-state index is 11.5. The van der Waals surface area contributed by atoms with Gasteiger partial charge in [0.05, 0.1) is 0 Å². The van der Waals surface area contributed by atoms with Crippen molar-refractivity contribution in [1.29, 1.82) is 0 Å². The summed E-state index contributed by atoms with van der Waals surface area (Å²) in [7, 11) is 0. The predicted molar refractivity (Wildman–Crippen MR) is 173 cm³/mol. The second-order valence-electron chi connectivity index (χ2n) is 13.4. The molecular formula is C37H46N2O2. The third kappa shape index (κ3) is 7.64. The van der Waals surface area contributed by atoms with Crippen LogP contribution in [0.2, 0.25) is 0 Å². The second kappa shape index (κ2) is 11.9. The summed E-state index contributed by atoms with van der Waals surface area (Å²) in [6, 6.07) is 25.1. The SMILES string of the molecule is Cc1ccc(NCc2cc(Cc3cc(CNc4ccc(C)cc4)cc(C(C)(C)C)c3O)c(O)c(C(C)(C)C)c2)cc1. The van der Waals surface area contributed by atoms with E-state index in [9.17, 15) is 10.2 Å². The monoisotopic (exact) mass is 550 g/mol. The van der Waals surface area contributed by atoms with E-state index in [1.54, 1.807) is 0 Å². The van der Waals surface area contributed by atoms with Gasteiger partial charge in [-0.15, -0.1) is 0 Å². The second-order valence-corrected chi connectivity index (χ2v) is 13.4. The van der Waals surface area contributed by atoms with Crippen molar-refractivity contribution in [3.8, 4) is 11.5 Å². The maximum Gasteiger partial charge on any atom is 0.122 e. The van der Waals surface area contributed by atoms with Crippen LogP contribution < -0.4 is 10.6 Å². The van der Waals surface area contributed by atoms with E-state index in [1.807, 2.05) is 0 Å². The Morgan fingerprint density at radius 1 is 0.537 bits per heavy atom. The highest BCUT2D eigenvalue weighted by molar-refractivity contribution is 5.55. The molecule has 0 aliphatic rings. The molecule has 0 heterocycles. The van der Waals surface area contributed by atoms with Crippen LogP contribution in [0.1, 0.15) is 86.1 Å². The highest BCUT2D eigenvalue weighted by Gasteiger charge is 2.25. The number of aromatic hydroxyl groups is 2. The third-order valence-electron chi connectivity index (χ3n) is 7.59. The number of benzene rings is 4. The summed E-state index contributed by atoms with van der Waals surface area (Å²) < 4.78 is 0. The molecule has 4 heteroatoms. The van der Waals surface area contributed by atoms with E-state index >= 15 is 0 Å². The van der Waals surface area contributed by atoms with Gasteiger partial charge < -0.3 is 20.8 Å². The molecule has 0 spiro atoms. The fourth-order valence-corrected chi connectivity index (χ4v) is 5.09. The summed E-state index contributed by atoms with van der Waals surface area (Å²) in [6.07, 6.45) is 0.431. The van der Waals surface area contributed by atoms with E-state index < -0.39 is 0 Å². The van der Waals surface area contributed by atoms with Crippen LogP contribution in [0, 0.1) is 13.8 Å². The van der Waals surface area contributed by atoms with Crippen molar-refractivity contribution in [3.05, 3.63) is 117 Å². The first kappa shape index (κ1) is 30.0. The van der Waals surface area contributed by atoms with Crippen LogP contribution in [-0.2, 0) is 30.3 Å². The summed E-state index contributed by atoms with van der Waals surface area (Å²) in [5.41, 5.74) is 9.72. The fraction of sp³-hybridized carbons (Fsp3) is 0.351. The van der Waals surface area contributed by atoms with Crippen LogP contribution in [0.3, 0.4) is 0 Å². The van der Waals surface area contributed by atoms with Crippen LogP contribution in [0.15, 0.2) is 72.8 Å². The number of phenols is 2. The molecule has 0 bridgehead atoms. The maximum atomic E-state index is 11.5. The number of phenolic OH excluding ortho intramolecular Hbond substituents is 2. The Bertz CT molecular complexity index is 1370. The predicted octanol–water partition coefficient (Wildman–Crippen LogP) is 9.12. The number of hydrogen-bond donors (Lipinski definition) is 4. The number of nitrogens with one attached hydrogen (secondary N) is 2. The molecule has 4 aromatic rings. The molecule has 0 unspecified atom stereocenters. The molecule has 4 rings (SSSR count). The van der Waals surface area contributed by atoms with Gasteiger partial charge in [0.1, 0.15) is 11.5 Å². The quantitative estimate of drug-likeness (QED) is 0.177. The normalized spacial score (nSPS) is 11.9. The zero-order chi connectivity index (χ0) is 29.9. The van der Waals surface area contributed by atoms with Crippen molar-refractivity contribution in [2.45, 2.75) is 85.7 Å². The van der Waals surface area contributed by atoms with Crippen molar-refractivity contribution in [3.63, 3.8) is 0 Å². The Balaban J connectivity index is 1.70. The van der Waals surface area contributed by atoms with E-state index in [4.69, 9.17) is 0 Å².